The summed E-state index contributed by atoms with van der Waals surface area (Å²) in [6.45, 7) is -0.134. The van der Waals surface area contributed by atoms with Gasteiger partial charge in [0.1, 0.15) is 23.9 Å². The summed E-state index contributed by atoms with van der Waals surface area (Å²) >= 11 is 0. The van der Waals surface area contributed by atoms with E-state index in [2.05, 4.69) is 5.32 Å². The molecule has 4 aromatic rings. The molecule has 34 heavy (non-hydrogen) atoms. The maximum atomic E-state index is 14.1. The second-order valence-corrected chi connectivity index (χ2v) is 9.56. The second-order valence-electron chi connectivity index (χ2n) is 7.60. The molecule has 0 atom stereocenters. The monoisotopic (exact) mass is 482 g/mol. The van der Waals surface area contributed by atoms with Crippen molar-refractivity contribution < 1.29 is 27.1 Å². The molecule has 9 heteroatoms. The number of aromatic nitrogens is 1. The molecule has 0 radical (unpaired) electrons. The number of hydrogen-bond donors (Lipinski definition) is 1. The Labute approximate surface area is 196 Å². The lowest BCUT2D eigenvalue weighted by atomic mass is 10.2. The number of nitrogens with zero attached hydrogens (tertiary/aromatic N) is 1. The fourth-order valence-corrected chi connectivity index (χ4v) is 5.33. The van der Waals surface area contributed by atoms with Gasteiger partial charge in [-0.25, -0.2) is 12.8 Å². The number of nitrogens with one attached hydrogen (secondary N) is 1. The van der Waals surface area contributed by atoms with Gasteiger partial charge in [-0.15, -0.1) is 0 Å². The van der Waals surface area contributed by atoms with Crippen LogP contribution in [0, 0.1) is 5.82 Å². The number of fused-ring (bicyclic) bond motifs is 1. The molecule has 1 aromatic heterocycles. The Balaban J connectivity index is 1.64. The van der Waals surface area contributed by atoms with Crippen LogP contribution in [-0.4, -0.2) is 33.1 Å². The number of amides is 1. The lowest BCUT2D eigenvalue weighted by Gasteiger charge is -2.12. The fraction of sp³-hybridized carbons (Fsp3) is 0.160. The van der Waals surface area contributed by atoms with Crippen LogP contribution in [0.25, 0.3) is 10.9 Å². The normalized spacial score (nSPS) is 11.4. The Hall–Kier alpha value is -3.85. The van der Waals surface area contributed by atoms with Gasteiger partial charge in [-0.05, 0) is 24.3 Å². The molecule has 0 aliphatic rings. The highest BCUT2D eigenvalue weighted by Crippen LogP contribution is 2.30. The molecule has 4 rings (SSSR count). The van der Waals surface area contributed by atoms with Gasteiger partial charge >= 0.3 is 0 Å². The van der Waals surface area contributed by atoms with Gasteiger partial charge < -0.3 is 19.4 Å². The SMILES string of the molecule is COc1ccc(NC(=O)Cn2cc(S(=O)(=O)Cc3ccccc3F)c3ccccc32)c(OC)c1. The smallest absolute Gasteiger partial charge is 0.244 e. The summed E-state index contributed by atoms with van der Waals surface area (Å²) < 4.78 is 52.5. The van der Waals surface area contributed by atoms with Crippen molar-refractivity contribution >= 4 is 32.3 Å². The Bertz CT molecular complexity index is 1460. The minimum atomic E-state index is -3.88. The minimum Gasteiger partial charge on any atom is -0.497 e. The van der Waals surface area contributed by atoms with E-state index >= 15 is 0 Å². The van der Waals surface area contributed by atoms with Crippen LogP contribution in [0.4, 0.5) is 10.1 Å². The largest absolute Gasteiger partial charge is 0.497 e. The molecular weight excluding hydrogens is 459 g/mol. The first-order valence-corrected chi connectivity index (χ1v) is 12.0. The number of benzene rings is 3. The first-order chi connectivity index (χ1) is 16.3. The number of hydrogen-bond acceptors (Lipinski definition) is 5. The molecule has 0 bridgehead atoms. The molecule has 0 aliphatic carbocycles. The molecule has 0 aliphatic heterocycles. The highest BCUT2D eigenvalue weighted by molar-refractivity contribution is 7.90. The molecule has 1 heterocycles. The van der Waals surface area contributed by atoms with Crippen LogP contribution in [-0.2, 0) is 26.9 Å². The van der Waals surface area contributed by atoms with Gasteiger partial charge in [-0.2, -0.15) is 0 Å². The maximum Gasteiger partial charge on any atom is 0.244 e. The molecule has 0 spiro atoms. The van der Waals surface area contributed by atoms with E-state index in [4.69, 9.17) is 9.47 Å². The highest BCUT2D eigenvalue weighted by Gasteiger charge is 2.23. The van der Waals surface area contributed by atoms with E-state index in [0.717, 1.165) is 0 Å². The number of carbonyl (C=O) groups excluding carboxylic acids is 1. The van der Waals surface area contributed by atoms with E-state index in [1.165, 1.54) is 38.6 Å². The lowest BCUT2D eigenvalue weighted by Crippen LogP contribution is -2.18. The van der Waals surface area contributed by atoms with E-state index in [1.807, 2.05) is 0 Å². The van der Waals surface area contributed by atoms with Crippen molar-refractivity contribution in [1.29, 1.82) is 0 Å². The number of para-hydroxylation sites is 1. The quantitative estimate of drug-likeness (QED) is 0.402. The van der Waals surface area contributed by atoms with Gasteiger partial charge in [0.2, 0.25) is 5.91 Å². The number of methoxy groups -OCH3 is 2. The van der Waals surface area contributed by atoms with Gasteiger partial charge in [0.15, 0.2) is 9.84 Å². The summed E-state index contributed by atoms with van der Waals surface area (Å²) in [5.41, 5.74) is 1.12. The predicted molar refractivity (Wildman–Crippen MR) is 127 cm³/mol. The van der Waals surface area contributed by atoms with Crippen LogP contribution in [0.1, 0.15) is 5.56 Å². The number of sulfone groups is 1. The summed E-state index contributed by atoms with van der Waals surface area (Å²) in [5.74, 6) is -0.429. The van der Waals surface area contributed by atoms with Crippen molar-refractivity contribution in [3.63, 3.8) is 0 Å². The van der Waals surface area contributed by atoms with E-state index in [1.54, 1.807) is 53.1 Å². The summed E-state index contributed by atoms with van der Waals surface area (Å²) in [5, 5.41) is 3.25. The van der Waals surface area contributed by atoms with Crippen molar-refractivity contribution in [2.24, 2.45) is 0 Å². The van der Waals surface area contributed by atoms with Crippen molar-refractivity contribution in [2.45, 2.75) is 17.2 Å². The Kier molecular flexibility index (Phi) is 6.56. The van der Waals surface area contributed by atoms with Gasteiger partial charge in [0.25, 0.3) is 0 Å². The molecule has 0 unspecified atom stereocenters. The number of anilines is 1. The van der Waals surface area contributed by atoms with Crippen molar-refractivity contribution in [1.82, 2.24) is 4.57 Å². The predicted octanol–water partition coefficient (Wildman–Crippen LogP) is 4.41. The average molecular weight is 483 g/mol. The molecular formula is C25H23FN2O5S. The summed E-state index contributed by atoms with van der Waals surface area (Å²) in [7, 11) is -0.869. The van der Waals surface area contributed by atoms with Crippen molar-refractivity contribution in [3.05, 3.63) is 84.3 Å². The van der Waals surface area contributed by atoms with Crippen LogP contribution < -0.4 is 14.8 Å². The zero-order valence-electron chi connectivity index (χ0n) is 18.6. The third-order valence-electron chi connectivity index (χ3n) is 5.39. The van der Waals surface area contributed by atoms with E-state index in [0.29, 0.717) is 28.1 Å². The molecule has 1 N–H and O–H groups in total. The summed E-state index contributed by atoms with van der Waals surface area (Å²) in [6.07, 6.45) is 1.42. The third-order valence-corrected chi connectivity index (χ3v) is 7.07. The number of halogens is 1. The van der Waals surface area contributed by atoms with E-state index in [-0.39, 0.29) is 22.9 Å². The molecule has 0 saturated heterocycles. The zero-order valence-corrected chi connectivity index (χ0v) is 19.4. The Morgan fingerprint density at radius 1 is 1.00 bits per heavy atom. The van der Waals surface area contributed by atoms with Crippen LogP contribution in [0.3, 0.4) is 0 Å². The zero-order chi connectivity index (χ0) is 24.3. The van der Waals surface area contributed by atoms with Gasteiger partial charge in [0.05, 0.1) is 30.6 Å². The Morgan fingerprint density at radius 3 is 2.47 bits per heavy atom. The topological polar surface area (TPSA) is 86.6 Å². The van der Waals surface area contributed by atoms with Crippen molar-refractivity contribution in [2.75, 3.05) is 19.5 Å². The highest BCUT2D eigenvalue weighted by atomic mass is 32.2. The fourth-order valence-electron chi connectivity index (χ4n) is 3.74. The first kappa shape index (κ1) is 23.3. The third kappa shape index (κ3) is 4.74. The second kappa shape index (κ2) is 9.56. The lowest BCUT2D eigenvalue weighted by molar-refractivity contribution is -0.116. The van der Waals surface area contributed by atoms with Crippen LogP contribution in [0.2, 0.25) is 0 Å². The number of carbonyl (C=O) groups is 1. The summed E-state index contributed by atoms with van der Waals surface area (Å²) in [6, 6.07) is 17.7. The van der Waals surface area contributed by atoms with Gasteiger partial charge in [-0.3, -0.25) is 4.79 Å². The molecule has 1 amide bonds. The molecule has 0 fully saturated rings. The van der Waals surface area contributed by atoms with Crippen molar-refractivity contribution in [3.8, 4) is 11.5 Å². The van der Waals surface area contributed by atoms with Crippen LogP contribution in [0.15, 0.2) is 77.8 Å². The standard InChI is InChI=1S/C25H23FN2O5S/c1-32-18-11-12-21(23(13-18)33-2)27-25(29)15-28-14-24(19-8-4-6-10-22(19)28)34(30,31)16-17-7-3-5-9-20(17)26/h3-14H,15-16H2,1-2H3,(H,27,29). The van der Waals surface area contributed by atoms with Gasteiger partial charge in [0, 0.05) is 28.7 Å². The van der Waals surface area contributed by atoms with E-state index < -0.39 is 21.4 Å². The minimum absolute atomic E-state index is 0.0428. The molecule has 176 valence electrons. The van der Waals surface area contributed by atoms with Gasteiger partial charge in [-0.1, -0.05) is 36.4 Å². The Morgan fingerprint density at radius 2 is 1.74 bits per heavy atom. The molecule has 3 aromatic carbocycles. The summed E-state index contributed by atoms with van der Waals surface area (Å²) in [4.78, 5) is 12.9. The first-order valence-electron chi connectivity index (χ1n) is 10.4. The number of ether oxygens (including phenoxy) is 2. The van der Waals surface area contributed by atoms with Crippen LogP contribution in [0.5, 0.6) is 11.5 Å². The maximum absolute atomic E-state index is 14.1. The van der Waals surface area contributed by atoms with E-state index in [9.17, 15) is 17.6 Å². The average Bonchev–Trinajstić information content (AvgIpc) is 3.20. The number of rotatable bonds is 8. The molecule has 0 saturated carbocycles. The van der Waals surface area contributed by atoms with Crippen LogP contribution >= 0.6 is 0 Å². The molecule has 7 nitrogen and oxygen atoms in total.